The number of carbonyl (C=O) groups excluding carboxylic acids is 2. The third kappa shape index (κ3) is 3.22. The molecule has 2 aromatic rings. The lowest BCUT2D eigenvalue weighted by Gasteiger charge is -2.23. The monoisotopic (exact) mass is 422 g/mol. The molecule has 2 bridgehead atoms. The van der Waals surface area contributed by atoms with E-state index in [1.807, 2.05) is 60.4 Å². The van der Waals surface area contributed by atoms with Crippen LogP contribution in [0.2, 0.25) is 5.02 Å². The molecule has 2 fully saturated rings. The molecule has 3 aliphatic heterocycles. The SMILES string of the molecule is Cc1ccc(CN2CC34C=C[C@H](O3)C(C(=O)NCc3ccc(Cl)cc3)[C@H]4C2=O)cc1. The molecule has 2 aromatic carbocycles. The van der Waals surface area contributed by atoms with E-state index in [4.69, 9.17) is 16.3 Å². The Morgan fingerprint density at radius 1 is 1.17 bits per heavy atom. The van der Waals surface area contributed by atoms with E-state index in [9.17, 15) is 9.59 Å². The highest BCUT2D eigenvalue weighted by atomic mass is 35.5. The minimum Gasteiger partial charge on any atom is -0.360 e. The van der Waals surface area contributed by atoms with Crippen LogP contribution >= 0.6 is 11.6 Å². The number of ether oxygens (including phenoxy) is 1. The van der Waals surface area contributed by atoms with Crippen LogP contribution in [0, 0.1) is 18.8 Å². The fourth-order valence-corrected chi connectivity index (χ4v) is 4.96. The second kappa shape index (κ2) is 7.25. The van der Waals surface area contributed by atoms with Crippen molar-refractivity contribution in [3.05, 3.63) is 82.4 Å². The Bertz CT molecular complexity index is 1020. The van der Waals surface area contributed by atoms with Gasteiger partial charge in [0.15, 0.2) is 0 Å². The molecule has 0 aromatic heterocycles. The fraction of sp³-hybridized carbons (Fsp3) is 0.333. The van der Waals surface area contributed by atoms with Crippen molar-refractivity contribution in [2.75, 3.05) is 6.54 Å². The van der Waals surface area contributed by atoms with Gasteiger partial charge in [-0.05, 0) is 30.2 Å². The molecule has 2 amide bonds. The lowest BCUT2D eigenvalue weighted by atomic mass is 9.77. The summed E-state index contributed by atoms with van der Waals surface area (Å²) in [6.45, 7) is 3.44. The number of likely N-dealkylation sites (tertiary alicyclic amines) is 1. The predicted molar refractivity (Wildman–Crippen MR) is 114 cm³/mol. The molecule has 0 aliphatic carbocycles. The molecule has 154 valence electrons. The summed E-state index contributed by atoms with van der Waals surface area (Å²) in [4.78, 5) is 28.1. The van der Waals surface area contributed by atoms with Crippen LogP contribution in [0.3, 0.4) is 0 Å². The van der Waals surface area contributed by atoms with Gasteiger partial charge >= 0.3 is 0 Å². The molecule has 6 heteroatoms. The van der Waals surface area contributed by atoms with Crippen molar-refractivity contribution in [1.82, 2.24) is 10.2 Å². The number of carbonyl (C=O) groups is 2. The number of halogens is 1. The van der Waals surface area contributed by atoms with Crippen molar-refractivity contribution in [1.29, 1.82) is 0 Å². The maximum absolute atomic E-state index is 13.3. The van der Waals surface area contributed by atoms with Crippen molar-refractivity contribution in [2.24, 2.45) is 11.8 Å². The second-order valence-electron chi connectivity index (χ2n) is 8.42. The van der Waals surface area contributed by atoms with E-state index in [1.54, 1.807) is 12.1 Å². The van der Waals surface area contributed by atoms with E-state index in [0.717, 1.165) is 11.1 Å². The third-order valence-electron chi connectivity index (χ3n) is 6.36. The Labute approximate surface area is 180 Å². The zero-order valence-corrected chi connectivity index (χ0v) is 17.4. The van der Waals surface area contributed by atoms with Crippen LogP contribution < -0.4 is 5.32 Å². The fourth-order valence-electron chi connectivity index (χ4n) is 4.83. The smallest absolute Gasteiger partial charge is 0.230 e. The summed E-state index contributed by atoms with van der Waals surface area (Å²) in [6, 6.07) is 15.5. The van der Waals surface area contributed by atoms with Gasteiger partial charge in [-0.1, -0.05) is 65.7 Å². The highest BCUT2D eigenvalue weighted by molar-refractivity contribution is 6.30. The van der Waals surface area contributed by atoms with Crippen LogP contribution in [-0.4, -0.2) is 35.0 Å². The van der Waals surface area contributed by atoms with Crippen LogP contribution in [0.4, 0.5) is 0 Å². The van der Waals surface area contributed by atoms with E-state index < -0.39 is 17.4 Å². The van der Waals surface area contributed by atoms with Crippen LogP contribution in [0.5, 0.6) is 0 Å². The Hall–Kier alpha value is -2.63. The molecular weight excluding hydrogens is 400 g/mol. The maximum atomic E-state index is 13.3. The van der Waals surface area contributed by atoms with Crippen LogP contribution in [0.15, 0.2) is 60.7 Å². The minimum absolute atomic E-state index is 0.00549. The molecule has 0 saturated carbocycles. The summed E-state index contributed by atoms with van der Waals surface area (Å²) in [7, 11) is 0. The van der Waals surface area contributed by atoms with Gasteiger partial charge in [-0.15, -0.1) is 0 Å². The molecule has 2 unspecified atom stereocenters. The van der Waals surface area contributed by atoms with E-state index in [0.29, 0.717) is 24.7 Å². The van der Waals surface area contributed by atoms with Gasteiger partial charge in [-0.2, -0.15) is 0 Å². The highest BCUT2D eigenvalue weighted by Gasteiger charge is 2.66. The lowest BCUT2D eigenvalue weighted by molar-refractivity contribution is -0.137. The summed E-state index contributed by atoms with van der Waals surface area (Å²) in [5.74, 6) is -1.12. The summed E-state index contributed by atoms with van der Waals surface area (Å²) in [5, 5.41) is 3.64. The molecule has 30 heavy (non-hydrogen) atoms. The summed E-state index contributed by atoms with van der Waals surface area (Å²) in [6.07, 6.45) is 3.58. The number of nitrogens with zero attached hydrogens (tertiary/aromatic N) is 1. The largest absolute Gasteiger partial charge is 0.360 e. The quantitative estimate of drug-likeness (QED) is 0.752. The maximum Gasteiger partial charge on any atom is 0.230 e. The topological polar surface area (TPSA) is 58.6 Å². The van der Waals surface area contributed by atoms with Crippen LogP contribution in [0.1, 0.15) is 16.7 Å². The number of fused-ring (bicyclic) bond motifs is 1. The van der Waals surface area contributed by atoms with Crippen molar-refractivity contribution >= 4 is 23.4 Å². The molecule has 4 atom stereocenters. The second-order valence-corrected chi connectivity index (χ2v) is 8.86. The minimum atomic E-state index is -0.686. The number of nitrogens with one attached hydrogen (secondary N) is 1. The van der Waals surface area contributed by atoms with Crippen molar-refractivity contribution in [3.8, 4) is 0 Å². The Balaban J connectivity index is 1.31. The average molecular weight is 423 g/mol. The first-order valence-electron chi connectivity index (χ1n) is 10.2. The van der Waals surface area contributed by atoms with Gasteiger partial charge in [0.25, 0.3) is 0 Å². The lowest BCUT2D eigenvalue weighted by Crippen LogP contribution is -2.43. The van der Waals surface area contributed by atoms with Crippen molar-refractivity contribution < 1.29 is 14.3 Å². The van der Waals surface area contributed by atoms with Gasteiger partial charge in [0, 0.05) is 18.1 Å². The zero-order chi connectivity index (χ0) is 20.9. The van der Waals surface area contributed by atoms with Crippen LogP contribution in [0.25, 0.3) is 0 Å². The standard InChI is InChI=1S/C24H23ClN2O3/c1-15-2-4-17(5-3-15)13-27-14-24-11-10-19(30-24)20(21(24)23(27)29)22(28)26-12-16-6-8-18(25)9-7-16/h2-11,19-21H,12-14H2,1H3,(H,26,28)/t19-,20?,21-,24?/m0/s1. The van der Waals surface area contributed by atoms with Gasteiger partial charge in [-0.3, -0.25) is 9.59 Å². The molecule has 2 saturated heterocycles. The highest BCUT2D eigenvalue weighted by Crippen LogP contribution is 2.52. The summed E-state index contributed by atoms with van der Waals surface area (Å²) < 4.78 is 6.19. The van der Waals surface area contributed by atoms with Crippen molar-refractivity contribution in [2.45, 2.75) is 31.7 Å². The normalized spacial score (nSPS) is 28.8. The van der Waals surface area contributed by atoms with Crippen LogP contribution in [-0.2, 0) is 27.4 Å². The third-order valence-corrected chi connectivity index (χ3v) is 6.61. The number of hydrogen-bond donors (Lipinski definition) is 1. The first-order valence-corrected chi connectivity index (χ1v) is 10.6. The van der Waals surface area contributed by atoms with Gasteiger partial charge < -0.3 is 15.0 Å². The number of aryl methyl sites for hydroxylation is 1. The molecule has 3 heterocycles. The van der Waals surface area contributed by atoms with E-state index >= 15 is 0 Å². The Kier molecular flexibility index (Phi) is 4.68. The van der Waals surface area contributed by atoms with E-state index in [2.05, 4.69) is 5.32 Å². The number of amides is 2. The Morgan fingerprint density at radius 3 is 2.60 bits per heavy atom. The molecule has 0 radical (unpaired) electrons. The molecular formula is C24H23ClN2O3. The number of hydrogen-bond acceptors (Lipinski definition) is 3. The average Bonchev–Trinajstić information content (AvgIpc) is 3.37. The first kappa shape index (κ1) is 19.3. The molecule has 1 spiro atoms. The summed E-state index contributed by atoms with van der Waals surface area (Å²) in [5.41, 5.74) is 2.53. The van der Waals surface area contributed by atoms with Gasteiger partial charge in [0.2, 0.25) is 11.8 Å². The van der Waals surface area contributed by atoms with E-state index in [-0.39, 0.29) is 17.9 Å². The molecule has 5 nitrogen and oxygen atoms in total. The Morgan fingerprint density at radius 2 is 1.87 bits per heavy atom. The van der Waals surface area contributed by atoms with Gasteiger partial charge in [0.05, 0.1) is 24.5 Å². The van der Waals surface area contributed by atoms with Gasteiger partial charge in [0.1, 0.15) is 5.60 Å². The predicted octanol–water partition coefficient (Wildman–Crippen LogP) is 3.25. The van der Waals surface area contributed by atoms with Gasteiger partial charge in [-0.25, -0.2) is 0 Å². The van der Waals surface area contributed by atoms with E-state index in [1.165, 1.54) is 5.56 Å². The molecule has 3 aliphatic rings. The zero-order valence-electron chi connectivity index (χ0n) is 16.7. The first-order chi connectivity index (χ1) is 14.4. The van der Waals surface area contributed by atoms with Crippen molar-refractivity contribution in [3.63, 3.8) is 0 Å². The number of rotatable bonds is 5. The molecule has 5 rings (SSSR count). The number of benzene rings is 2. The molecule has 1 N–H and O–H groups in total. The summed E-state index contributed by atoms with van der Waals surface area (Å²) >= 11 is 5.92.